The maximum Gasteiger partial charge on any atom is 0.364 e. The lowest BCUT2D eigenvalue weighted by Crippen LogP contribution is -2.71. The Balaban J connectivity index is 1.39. The SMILES string of the molecule is O=C(O)CCC(Sc1ccc2n[nH]c(=O)n2n1)C1=C(C(=O)O)N2C(=O)C(NC(=O)C(O)c3ccc(Br)cc3)[C@@H]2SC1. The minimum Gasteiger partial charge on any atom is -0.481 e. The highest BCUT2D eigenvalue weighted by atomic mass is 79.9. The molecule has 14 nitrogen and oxygen atoms in total. The Bertz CT molecular complexity index is 1640. The van der Waals surface area contributed by atoms with Crippen LogP contribution < -0.4 is 11.0 Å². The van der Waals surface area contributed by atoms with E-state index < -0.39 is 52.2 Å². The first-order valence-corrected chi connectivity index (χ1v) is 14.7. The number of carbonyl (C=O) groups is 4. The molecule has 5 N–H and O–H groups in total. The zero-order valence-electron chi connectivity index (χ0n) is 20.8. The van der Waals surface area contributed by atoms with Gasteiger partial charge >= 0.3 is 17.6 Å². The van der Waals surface area contributed by atoms with Crippen molar-refractivity contribution in [2.24, 2.45) is 0 Å². The summed E-state index contributed by atoms with van der Waals surface area (Å²) in [5.74, 6) is -3.81. The van der Waals surface area contributed by atoms with Crippen molar-refractivity contribution in [1.29, 1.82) is 0 Å². The van der Waals surface area contributed by atoms with Gasteiger partial charge in [-0.1, -0.05) is 39.8 Å². The average molecular weight is 666 g/mol. The number of H-pyrrole nitrogens is 1. The molecule has 41 heavy (non-hydrogen) atoms. The van der Waals surface area contributed by atoms with Crippen molar-refractivity contribution in [2.75, 3.05) is 5.75 Å². The molecule has 2 aromatic heterocycles. The zero-order valence-corrected chi connectivity index (χ0v) is 24.0. The van der Waals surface area contributed by atoms with Gasteiger partial charge in [0.05, 0.1) is 0 Å². The summed E-state index contributed by atoms with van der Waals surface area (Å²) in [5, 5.41) is 41.6. The van der Waals surface area contributed by atoms with Crippen molar-refractivity contribution in [3.05, 3.63) is 68.2 Å². The van der Waals surface area contributed by atoms with Crippen LogP contribution in [0.25, 0.3) is 5.65 Å². The van der Waals surface area contributed by atoms with Gasteiger partial charge in [0.15, 0.2) is 11.8 Å². The number of aliphatic hydroxyl groups excluding tert-OH is 1. The van der Waals surface area contributed by atoms with E-state index in [1.165, 1.54) is 17.8 Å². The molecule has 3 unspecified atom stereocenters. The highest BCUT2D eigenvalue weighted by molar-refractivity contribution is 9.10. The number of aromatic amines is 1. The number of halogens is 1. The van der Waals surface area contributed by atoms with Gasteiger partial charge in [0, 0.05) is 21.9 Å². The Hall–Kier alpha value is -3.67. The number of β-lactam (4-membered cyclic amide) rings is 1. The first-order valence-electron chi connectivity index (χ1n) is 12.0. The fourth-order valence-electron chi connectivity index (χ4n) is 4.47. The summed E-state index contributed by atoms with van der Waals surface area (Å²) in [4.78, 5) is 62.7. The number of hydrogen-bond acceptors (Lipinski definition) is 10. The number of fused-ring (bicyclic) bond motifs is 2. The van der Waals surface area contributed by atoms with E-state index in [1.807, 2.05) is 0 Å². The first-order chi connectivity index (χ1) is 19.5. The summed E-state index contributed by atoms with van der Waals surface area (Å²) in [5.41, 5.74) is 0.0476. The number of hydrogen-bond donors (Lipinski definition) is 5. The lowest BCUT2D eigenvalue weighted by molar-refractivity contribution is -0.151. The van der Waals surface area contributed by atoms with Crippen LogP contribution in [0.15, 0.2) is 62.0 Å². The number of nitrogens with zero attached hydrogens (tertiary/aromatic N) is 4. The van der Waals surface area contributed by atoms with Gasteiger partial charge in [-0.15, -0.1) is 11.8 Å². The average Bonchev–Trinajstić information content (AvgIpc) is 3.32. The third-order valence-electron chi connectivity index (χ3n) is 6.45. The van der Waals surface area contributed by atoms with Crippen LogP contribution in [0.5, 0.6) is 0 Å². The van der Waals surface area contributed by atoms with Crippen molar-refractivity contribution >= 4 is 68.9 Å². The quantitative estimate of drug-likeness (QED) is 0.152. The van der Waals surface area contributed by atoms with Crippen LogP contribution in [0.3, 0.4) is 0 Å². The van der Waals surface area contributed by atoms with Gasteiger partial charge < -0.3 is 20.6 Å². The molecule has 1 aromatic carbocycles. The van der Waals surface area contributed by atoms with Crippen LogP contribution in [-0.4, -0.2) is 86.2 Å². The number of rotatable bonds is 10. The van der Waals surface area contributed by atoms with Gasteiger partial charge in [0.1, 0.15) is 22.1 Å². The highest BCUT2D eigenvalue weighted by Gasteiger charge is 2.55. The molecule has 1 fully saturated rings. The molecule has 17 heteroatoms. The van der Waals surface area contributed by atoms with E-state index in [0.717, 1.165) is 25.6 Å². The van der Waals surface area contributed by atoms with Crippen LogP contribution in [0, 0.1) is 0 Å². The second-order valence-corrected chi connectivity index (χ2v) is 12.3. The van der Waals surface area contributed by atoms with Crippen molar-refractivity contribution in [3.63, 3.8) is 0 Å². The summed E-state index contributed by atoms with van der Waals surface area (Å²) < 4.78 is 1.79. The molecule has 0 saturated carbocycles. The van der Waals surface area contributed by atoms with Crippen molar-refractivity contribution in [2.45, 2.75) is 40.6 Å². The molecule has 0 bridgehead atoms. The van der Waals surface area contributed by atoms with Crippen LogP contribution in [-0.2, 0) is 19.2 Å². The number of amides is 2. The maximum absolute atomic E-state index is 13.1. The van der Waals surface area contributed by atoms with Gasteiger partial charge in [0.25, 0.3) is 11.8 Å². The van der Waals surface area contributed by atoms with Gasteiger partial charge in [-0.3, -0.25) is 19.3 Å². The van der Waals surface area contributed by atoms with Crippen molar-refractivity contribution in [1.82, 2.24) is 30.0 Å². The molecule has 5 rings (SSSR count). The number of aliphatic hydroxyl groups is 1. The second-order valence-electron chi connectivity index (χ2n) is 9.04. The van der Waals surface area contributed by atoms with E-state index in [4.69, 9.17) is 0 Å². The number of carboxylic acid groups (broad SMARTS) is 2. The molecule has 0 radical (unpaired) electrons. The number of thioether (sulfide) groups is 2. The van der Waals surface area contributed by atoms with Crippen molar-refractivity contribution in [3.8, 4) is 0 Å². The van der Waals surface area contributed by atoms with E-state index in [-0.39, 0.29) is 29.9 Å². The molecule has 4 heterocycles. The Morgan fingerprint density at radius 1 is 1.17 bits per heavy atom. The largest absolute Gasteiger partial charge is 0.481 e. The lowest BCUT2D eigenvalue weighted by Gasteiger charge is -2.50. The molecule has 2 amide bonds. The highest BCUT2D eigenvalue weighted by Crippen LogP contribution is 2.44. The molecular formula is C24H21BrN6O8S2. The Kier molecular flexibility index (Phi) is 8.21. The summed E-state index contributed by atoms with van der Waals surface area (Å²) in [7, 11) is 0. The van der Waals surface area contributed by atoms with E-state index in [1.54, 1.807) is 30.3 Å². The topological polar surface area (TPSA) is 207 Å². The molecule has 0 spiro atoms. The molecular weight excluding hydrogens is 644 g/mol. The monoisotopic (exact) mass is 664 g/mol. The van der Waals surface area contributed by atoms with Gasteiger partial charge in [-0.05, 0) is 41.8 Å². The standard InChI is InChI=1S/C24H21BrN6O8S2/c25-11-3-1-10(2-4-11)19(34)20(35)26-17-21(36)30-18(23(37)38)12(9-40-22(17)30)13(5-8-16(32)33)41-15-7-6-14-27-28-24(39)31(14)29-15/h1-4,6-7,13,17,19,22,34H,5,8-9H2,(H,26,35)(H,28,39)(H,32,33)(H,37,38)/t13?,17?,19?,22-/m0/s1. The Morgan fingerprint density at radius 3 is 2.59 bits per heavy atom. The van der Waals surface area contributed by atoms with Crippen molar-refractivity contribution < 1.29 is 34.5 Å². The number of aromatic nitrogens is 4. The van der Waals surface area contributed by atoms with E-state index >= 15 is 0 Å². The fraction of sp³-hybridized carbons (Fsp3) is 0.292. The summed E-state index contributed by atoms with van der Waals surface area (Å²) in [6.45, 7) is 0. The van der Waals surface area contributed by atoms with Gasteiger partial charge in [0.2, 0.25) is 0 Å². The molecule has 1 saturated heterocycles. The first kappa shape index (κ1) is 28.8. The minimum atomic E-state index is -1.53. The Labute approximate surface area is 247 Å². The summed E-state index contributed by atoms with van der Waals surface area (Å²) in [6.07, 6.45) is -1.79. The molecule has 214 valence electrons. The number of nitrogens with one attached hydrogen (secondary N) is 2. The summed E-state index contributed by atoms with van der Waals surface area (Å²) in [6, 6.07) is 8.48. The number of carboxylic acids is 2. The normalized spacial score (nSPS) is 19.9. The zero-order chi connectivity index (χ0) is 29.4. The van der Waals surface area contributed by atoms with E-state index in [9.17, 15) is 39.3 Å². The lowest BCUT2D eigenvalue weighted by atomic mass is 9.99. The number of benzene rings is 1. The van der Waals surface area contributed by atoms with Crippen LogP contribution >= 0.6 is 39.5 Å². The van der Waals surface area contributed by atoms with E-state index in [2.05, 4.69) is 36.5 Å². The minimum absolute atomic E-state index is 0.0267. The number of carbonyl (C=O) groups excluding carboxylic acids is 2. The molecule has 4 atom stereocenters. The molecule has 2 aliphatic heterocycles. The van der Waals surface area contributed by atoms with Gasteiger partial charge in [-0.2, -0.15) is 14.7 Å². The third-order valence-corrected chi connectivity index (χ3v) is 9.55. The maximum atomic E-state index is 13.1. The predicted molar refractivity (Wildman–Crippen MR) is 149 cm³/mol. The third kappa shape index (κ3) is 5.74. The van der Waals surface area contributed by atoms with Gasteiger partial charge in [-0.25, -0.2) is 14.7 Å². The smallest absolute Gasteiger partial charge is 0.364 e. The molecule has 3 aromatic rings. The molecule has 2 aliphatic rings. The second kappa shape index (κ2) is 11.7. The van der Waals surface area contributed by atoms with E-state index in [0.29, 0.717) is 16.2 Å². The van der Waals surface area contributed by atoms with Crippen LogP contribution in [0.4, 0.5) is 0 Å². The molecule has 0 aliphatic carbocycles. The van der Waals surface area contributed by atoms with Crippen LogP contribution in [0.2, 0.25) is 0 Å². The summed E-state index contributed by atoms with van der Waals surface area (Å²) >= 11 is 5.57. The fourth-order valence-corrected chi connectivity index (χ4v) is 7.40. The predicted octanol–water partition coefficient (Wildman–Crippen LogP) is 0.978. The number of aliphatic carboxylic acids is 2. The Morgan fingerprint density at radius 2 is 1.90 bits per heavy atom. The van der Waals surface area contributed by atoms with Crippen LogP contribution in [0.1, 0.15) is 24.5 Å².